The molecule has 126 valence electrons. The maximum atomic E-state index is 11.2. The minimum absolute atomic E-state index is 0.130. The number of halogens is 1. The Bertz CT molecular complexity index is 556. The molecule has 6 nitrogen and oxygen atoms in total. The van der Waals surface area contributed by atoms with Crippen molar-refractivity contribution in [1.29, 1.82) is 0 Å². The number of nitro benzene ring substituents is 1. The Hall–Kier alpha value is -1.18. The van der Waals surface area contributed by atoms with Gasteiger partial charge in [0.1, 0.15) is 5.69 Å². The molecule has 0 radical (unpaired) electrons. The largest absolute Gasteiger partial charge is 0.381 e. The third-order valence-electron chi connectivity index (χ3n) is 4.64. The number of hydrogen-bond acceptors (Lipinski definition) is 5. The number of rotatable bonds is 5. The summed E-state index contributed by atoms with van der Waals surface area (Å²) in [5.74, 6) is 0.673. The summed E-state index contributed by atoms with van der Waals surface area (Å²) in [6.45, 7) is 4.99. The summed E-state index contributed by atoms with van der Waals surface area (Å²) in [7, 11) is 0. The molecule has 3 rings (SSSR count). The summed E-state index contributed by atoms with van der Waals surface area (Å²) in [6.07, 6.45) is 3.20. The fourth-order valence-electron chi connectivity index (χ4n) is 3.35. The van der Waals surface area contributed by atoms with E-state index in [-0.39, 0.29) is 10.6 Å². The van der Waals surface area contributed by atoms with Crippen molar-refractivity contribution in [3.8, 4) is 0 Å². The topological polar surface area (TPSA) is 67.6 Å². The summed E-state index contributed by atoms with van der Waals surface area (Å²) < 4.78 is 6.16. The minimum atomic E-state index is -0.331. The normalized spacial score (nSPS) is 23.1. The van der Waals surface area contributed by atoms with Gasteiger partial charge in [0.2, 0.25) is 0 Å². The highest BCUT2D eigenvalue weighted by atomic mass is 79.9. The Morgan fingerprint density at radius 1 is 1.35 bits per heavy atom. The van der Waals surface area contributed by atoms with Gasteiger partial charge in [-0.05, 0) is 37.3 Å². The Balaban J connectivity index is 1.53. The predicted octanol–water partition coefficient (Wildman–Crippen LogP) is 3.27. The van der Waals surface area contributed by atoms with Crippen molar-refractivity contribution in [1.82, 2.24) is 4.90 Å². The van der Waals surface area contributed by atoms with Gasteiger partial charge in [-0.2, -0.15) is 0 Å². The lowest BCUT2D eigenvalue weighted by Gasteiger charge is -2.34. The van der Waals surface area contributed by atoms with Gasteiger partial charge in [-0.1, -0.05) is 15.9 Å². The van der Waals surface area contributed by atoms with E-state index in [4.69, 9.17) is 4.74 Å². The highest BCUT2D eigenvalue weighted by Gasteiger charge is 2.25. The molecule has 1 unspecified atom stereocenters. The molecule has 7 heteroatoms. The Morgan fingerprint density at radius 3 is 2.78 bits per heavy atom. The van der Waals surface area contributed by atoms with Crippen LogP contribution in [-0.2, 0) is 4.74 Å². The molecule has 1 aromatic carbocycles. The number of hydrogen-bond donors (Lipinski definition) is 1. The molecule has 23 heavy (non-hydrogen) atoms. The van der Waals surface area contributed by atoms with E-state index in [1.165, 1.54) is 6.42 Å². The molecule has 0 spiro atoms. The van der Waals surface area contributed by atoms with Crippen molar-refractivity contribution >= 4 is 27.3 Å². The van der Waals surface area contributed by atoms with E-state index >= 15 is 0 Å². The first-order valence-corrected chi connectivity index (χ1v) is 8.91. The van der Waals surface area contributed by atoms with Crippen LogP contribution in [0.25, 0.3) is 0 Å². The molecule has 1 N–H and O–H groups in total. The number of nitro groups is 1. The van der Waals surface area contributed by atoms with E-state index in [9.17, 15) is 10.1 Å². The van der Waals surface area contributed by atoms with E-state index < -0.39 is 0 Å². The first-order chi connectivity index (χ1) is 11.1. The molecule has 1 atom stereocenters. The van der Waals surface area contributed by atoms with Gasteiger partial charge in [-0.15, -0.1) is 0 Å². The van der Waals surface area contributed by atoms with Gasteiger partial charge in [-0.3, -0.25) is 10.1 Å². The quantitative estimate of drug-likeness (QED) is 0.624. The van der Waals surface area contributed by atoms with Gasteiger partial charge >= 0.3 is 0 Å². The minimum Gasteiger partial charge on any atom is -0.381 e. The van der Waals surface area contributed by atoms with E-state index in [1.54, 1.807) is 12.1 Å². The van der Waals surface area contributed by atoms with Crippen LogP contribution in [0.4, 0.5) is 11.4 Å². The number of anilines is 1. The number of likely N-dealkylation sites (tertiary alicyclic amines) is 1. The second-order valence-electron chi connectivity index (χ2n) is 6.37. The maximum absolute atomic E-state index is 11.2. The molecule has 2 saturated heterocycles. The average molecular weight is 384 g/mol. The van der Waals surface area contributed by atoms with Crippen molar-refractivity contribution in [2.45, 2.75) is 25.3 Å². The van der Waals surface area contributed by atoms with E-state index in [0.717, 1.165) is 50.2 Å². The zero-order chi connectivity index (χ0) is 16.2. The SMILES string of the molecule is O=[N+]([O-])c1cc(Br)ccc1NC1CCN(CC2CCOC2)CC1. The van der Waals surface area contributed by atoms with Gasteiger partial charge < -0.3 is 15.0 Å². The predicted molar refractivity (Wildman–Crippen MR) is 92.8 cm³/mol. The van der Waals surface area contributed by atoms with Gasteiger partial charge in [0.15, 0.2) is 0 Å². The van der Waals surface area contributed by atoms with Crippen molar-refractivity contribution < 1.29 is 9.66 Å². The van der Waals surface area contributed by atoms with Crippen LogP contribution in [0.1, 0.15) is 19.3 Å². The fourth-order valence-corrected chi connectivity index (χ4v) is 3.70. The molecule has 0 amide bonds. The molecule has 1 aromatic rings. The van der Waals surface area contributed by atoms with Crippen LogP contribution < -0.4 is 5.32 Å². The zero-order valence-electron chi connectivity index (χ0n) is 13.0. The summed E-state index contributed by atoms with van der Waals surface area (Å²) >= 11 is 3.29. The standard InChI is InChI=1S/C16H22BrN3O3/c17-13-1-2-15(16(9-13)20(21)22)18-14-3-6-19(7-4-14)10-12-5-8-23-11-12/h1-2,9,12,14,18H,3-8,10-11H2. The molecule has 0 bridgehead atoms. The van der Waals surface area contributed by atoms with Gasteiger partial charge in [0.25, 0.3) is 5.69 Å². The average Bonchev–Trinajstić information content (AvgIpc) is 3.04. The Labute approximate surface area is 144 Å². The number of nitrogens with zero attached hydrogens (tertiary/aromatic N) is 2. The van der Waals surface area contributed by atoms with Crippen LogP contribution in [0.2, 0.25) is 0 Å². The van der Waals surface area contributed by atoms with Crippen LogP contribution in [-0.4, -0.2) is 48.7 Å². The molecule has 0 saturated carbocycles. The monoisotopic (exact) mass is 383 g/mol. The van der Waals surface area contributed by atoms with Crippen LogP contribution >= 0.6 is 15.9 Å². The molecule has 2 aliphatic heterocycles. The zero-order valence-corrected chi connectivity index (χ0v) is 14.6. The number of nitrogens with one attached hydrogen (secondary N) is 1. The van der Waals surface area contributed by atoms with Gasteiger partial charge in [-0.25, -0.2) is 0 Å². The van der Waals surface area contributed by atoms with Crippen LogP contribution in [0.5, 0.6) is 0 Å². The second kappa shape index (κ2) is 7.59. The molecular weight excluding hydrogens is 362 g/mol. The summed E-state index contributed by atoms with van der Waals surface area (Å²) in [5, 5.41) is 14.5. The number of ether oxygens (including phenoxy) is 1. The van der Waals surface area contributed by atoms with Crippen molar-refractivity contribution in [2.24, 2.45) is 5.92 Å². The van der Waals surface area contributed by atoms with Crippen molar-refractivity contribution in [2.75, 3.05) is 38.2 Å². The van der Waals surface area contributed by atoms with E-state index in [1.807, 2.05) is 6.07 Å². The van der Waals surface area contributed by atoms with Crippen molar-refractivity contribution in [3.05, 3.63) is 32.8 Å². The summed E-state index contributed by atoms with van der Waals surface area (Å²) in [6, 6.07) is 5.47. The second-order valence-corrected chi connectivity index (χ2v) is 7.28. The lowest BCUT2D eigenvalue weighted by Crippen LogP contribution is -2.41. The van der Waals surface area contributed by atoms with E-state index in [2.05, 4.69) is 26.1 Å². The van der Waals surface area contributed by atoms with Gasteiger partial charge in [0.05, 0.1) is 11.5 Å². The Kier molecular flexibility index (Phi) is 5.50. The lowest BCUT2D eigenvalue weighted by molar-refractivity contribution is -0.384. The van der Waals surface area contributed by atoms with Crippen molar-refractivity contribution in [3.63, 3.8) is 0 Å². The molecule has 0 aliphatic carbocycles. The first-order valence-electron chi connectivity index (χ1n) is 8.12. The molecule has 0 aromatic heterocycles. The number of benzene rings is 1. The molecule has 2 fully saturated rings. The third-order valence-corrected chi connectivity index (χ3v) is 5.14. The summed E-state index contributed by atoms with van der Waals surface area (Å²) in [4.78, 5) is 13.3. The number of piperidine rings is 1. The lowest BCUT2D eigenvalue weighted by atomic mass is 10.0. The molecular formula is C16H22BrN3O3. The van der Waals surface area contributed by atoms with Gasteiger partial charge in [0, 0.05) is 42.8 Å². The van der Waals surface area contributed by atoms with E-state index in [0.29, 0.717) is 17.6 Å². The smallest absolute Gasteiger partial charge is 0.293 e. The highest BCUT2D eigenvalue weighted by molar-refractivity contribution is 9.10. The Morgan fingerprint density at radius 2 is 2.13 bits per heavy atom. The van der Waals surface area contributed by atoms with Crippen LogP contribution in [0.3, 0.4) is 0 Å². The first kappa shape index (κ1) is 16.7. The fraction of sp³-hybridized carbons (Fsp3) is 0.625. The third kappa shape index (κ3) is 4.43. The summed E-state index contributed by atoms with van der Waals surface area (Å²) in [5.41, 5.74) is 0.741. The highest BCUT2D eigenvalue weighted by Crippen LogP contribution is 2.30. The van der Waals surface area contributed by atoms with Crippen LogP contribution in [0.15, 0.2) is 22.7 Å². The molecule has 2 heterocycles. The molecule has 2 aliphatic rings. The van der Waals surface area contributed by atoms with Crippen LogP contribution in [0, 0.1) is 16.0 Å². The maximum Gasteiger partial charge on any atom is 0.293 e.